The molecule has 0 saturated heterocycles. The van der Waals surface area contributed by atoms with Crippen LogP contribution in [0, 0.1) is 6.92 Å². The van der Waals surface area contributed by atoms with Gasteiger partial charge in [0.1, 0.15) is 18.2 Å². The third-order valence-corrected chi connectivity index (χ3v) is 3.61. The number of pyridine rings is 1. The van der Waals surface area contributed by atoms with E-state index < -0.39 is 0 Å². The van der Waals surface area contributed by atoms with Gasteiger partial charge in [-0.2, -0.15) is 0 Å². The molecule has 0 spiro atoms. The maximum absolute atomic E-state index is 11.9. The topological polar surface area (TPSA) is 101 Å². The number of furan rings is 1. The van der Waals surface area contributed by atoms with Crippen molar-refractivity contribution in [2.45, 2.75) is 26.4 Å². The normalized spacial score (nSPS) is 11.3. The van der Waals surface area contributed by atoms with Crippen LogP contribution in [-0.4, -0.2) is 43.6 Å². The van der Waals surface area contributed by atoms with Crippen molar-refractivity contribution >= 4 is 17.7 Å². The number of amides is 1. The molecule has 0 unspecified atom stereocenters. The highest BCUT2D eigenvalue weighted by Gasteiger charge is 2.04. The molecule has 2 aromatic heterocycles. The average molecular weight is 373 g/mol. The summed E-state index contributed by atoms with van der Waals surface area (Å²) in [7, 11) is 1.69. The second-order valence-corrected chi connectivity index (χ2v) is 5.87. The van der Waals surface area contributed by atoms with Gasteiger partial charge in [-0.15, -0.1) is 0 Å². The van der Waals surface area contributed by atoms with Crippen LogP contribution in [0.1, 0.15) is 24.3 Å². The minimum atomic E-state index is -0.0950. The largest absolute Gasteiger partial charge is 0.467 e. The summed E-state index contributed by atoms with van der Waals surface area (Å²) in [5, 5.41) is 9.08. The van der Waals surface area contributed by atoms with Crippen LogP contribution in [0.2, 0.25) is 0 Å². The number of hydrogen-bond donors (Lipinski definition) is 3. The monoisotopic (exact) mass is 373 g/mol. The molecule has 0 fully saturated rings. The van der Waals surface area contributed by atoms with Crippen molar-refractivity contribution in [3.05, 3.63) is 48.0 Å². The summed E-state index contributed by atoms with van der Waals surface area (Å²) in [5.41, 5.74) is 0.865. The van der Waals surface area contributed by atoms with Crippen LogP contribution in [0.5, 0.6) is 0 Å². The van der Waals surface area contributed by atoms with Crippen LogP contribution in [0.3, 0.4) is 0 Å². The molecule has 0 atom stereocenters. The Morgan fingerprint density at radius 2 is 2.07 bits per heavy atom. The van der Waals surface area contributed by atoms with Gasteiger partial charge in [0.15, 0.2) is 5.96 Å². The maximum atomic E-state index is 11.9. The number of aliphatic imine (C=N–C) groups is 1. The van der Waals surface area contributed by atoms with Gasteiger partial charge in [-0.3, -0.25) is 9.79 Å². The minimum absolute atomic E-state index is 0.0950. The number of aromatic nitrogens is 1. The van der Waals surface area contributed by atoms with E-state index in [0.29, 0.717) is 38.0 Å². The van der Waals surface area contributed by atoms with Gasteiger partial charge in [-0.1, -0.05) is 6.07 Å². The highest BCUT2D eigenvalue weighted by atomic mass is 16.5. The quantitative estimate of drug-likeness (QED) is 0.335. The van der Waals surface area contributed by atoms with Crippen molar-refractivity contribution in [3.8, 4) is 0 Å². The van der Waals surface area contributed by atoms with E-state index in [1.54, 1.807) is 19.4 Å². The van der Waals surface area contributed by atoms with Crippen molar-refractivity contribution in [2.75, 3.05) is 32.1 Å². The average Bonchev–Trinajstić information content (AvgIpc) is 3.16. The molecule has 2 heterocycles. The number of nitrogens with one attached hydrogen (secondary N) is 3. The summed E-state index contributed by atoms with van der Waals surface area (Å²) in [5.74, 6) is 1.95. The lowest BCUT2D eigenvalue weighted by molar-refractivity contribution is -0.116. The first kappa shape index (κ1) is 20.4. The fraction of sp³-hybridized carbons (Fsp3) is 0.421. The number of aryl methyl sites for hydroxylation is 1. The Labute approximate surface area is 159 Å². The van der Waals surface area contributed by atoms with Gasteiger partial charge < -0.3 is 25.1 Å². The molecule has 0 saturated carbocycles. The SMILES string of the molecule is CN=C(NCCCOCc1ccco1)NCCC(=O)Nc1cccc(C)n1. The van der Waals surface area contributed by atoms with Crippen molar-refractivity contribution in [2.24, 2.45) is 4.99 Å². The van der Waals surface area contributed by atoms with E-state index in [4.69, 9.17) is 9.15 Å². The second kappa shape index (κ2) is 11.7. The fourth-order valence-electron chi connectivity index (χ4n) is 2.28. The Hall–Kier alpha value is -2.87. The number of carbonyl (C=O) groups excluding carboxylic acids is 1. The lowest BCUT2D eigenvalue weighted by Gasteiger charge is -2.12. The van der Waals surface area contributed by atoms with E-state index in [2.05, 4.69) is 25.9 Å². The number of carbonyl (C=O) groups is 1. The van der Waals surface area contributed by atoms with Crippen LogP contribution in [-0.2, 0) is 16.1 Å². The van der Waals surface area contributed by atoms with Gasteiger partial charge in [0.05, 0.1) is 6.26 Å². The molecule has 27 heavy (non-hydrogen) atoms. The van der Waals surface area contributed by atoms with Crippen LogP contribution in [0.15, 0.2) is 46.0 Å². The molecule has 0 radical (unpaired) electrons. The van der Waals surface area contributed by atoms with Gasteiger partial charge >= 0.3 is 0 Å². The smallest absolute Gasteiger partial charge is 0.227 e. The predicted octanol–water partition coefficient (Wildman–Crippen LogP) is 2.08. The highest BCUT2D eigenvalue weighted by Crippen LogP contribution is 2.04. The lowest BCUT2D eigenvalue weighted by Crippen LogP contribution is -2.39. The van der Waals surface area contributed by atoms with Gasteiger partial charge in [-0.25, -0.2) is 4.98 Å². The predicted molar refractivity (Wildman–Crippen MR) is 105 cm³/mol. The third-order valence-electron chi connectivity index (χ3n) is 3.61. The van der Waals surface area contributed by atoms with Crippen LogP contribution in [0.4, 0.5) is 5.82 Å². The van der Waals surface area contributed by atoms with E-state index in [1.165, 1.54) is 0 Å². The Kier molecular flexibility index (Phi) is 8.85. The summed E-state index contributed by atoms with van der Waals surface area (Å²) in [6.07, 6.45) is 2.79. The van der Waals surface area contributed by atoms with Gasteiger partial charge in [-0.05, 0) is 37.6 Å². The number of anilines is 1. The third kappa shape index (κ3) is 8.37. The van der Waals surface area contributed by atoms with Crippen molar-refractivity contribution in [3.63, 3.8) is 0 Å². The molecule has 0 bridgehead atoms. The zero-order valence-corrected chi connectivity index (χ0v) is 15.8. The molecule has 146 valence electrons. The molecule has 2 aromatic rings. The summed E-state index contributed by atoms with van der Waals surface area (Å²) in [4.78, 5) is 20.3. The summed E-state index contributed by atoms with van der Waals surface area (Å²) in [6, 6.07) is 9.24. The molecule has 3 N–H and O–H groups in total. The molecule has 8 heteroatoms. The molecule has 2 rings (SSSR count). The molecular weight excluding hydrogens is 346 g/mol. The van der Waals surface area contributed by atoms with E-state index in [0.717, 1.165) is 24.4 Å². The number of hydrogen-bond acceptors (Lipinski definition) is 5. The highest BCUT2D eigenvalue weighted by molar-refractivity contribution is 5.90. The first-order chi connectivity index (χ1) is 13.2. The first-order valence-corrected chi connectivity index (χ1v) is 8.95. The standard InChI is InChI=1S/C19H27N5O3/c1-15-6-3-8-17(23-15)24-18(25)9-11-22-19(20-2)21-10-5-12-26-14-16-7-4-13-27-16/h3-4,6-8,13H,5,9-12,14H2,1-2H3,(H2,20,21,22)(H,23,24,25). The van der Waals surface area contributed by atoms with E-state index >= 15 is 0 Å². The number of nitrogens with zero attached hydrogens (tertiary/aromatic N) is 2. The van der Waals surface area contributed by atoms with Crippen molar-refractivity contribution in [1.29, 1.82) is 0 Å². The maximum Gasteiger partial charge on any atom is 0.227 e. The van der Waals surface area contributed by atoms with Gasteiger partial charge in [0, 0.05) is 38.9 Å². The summed E-state index contributed by atoms with van der Waals surface area (Å²) in [6.45, 7) is 4.18. The molecule has 8 nitrogen and oxygen atoms in total. The van der Waals surface area contributed by atoms with Crippen LogP contribution in [0.25, 0.3) is 0 Å². The van der Waals surface area contributed by atoms with E-state index in [9.17, 15) is 4.79 Å². The van der Waals surface area contributed by atoms with Gasteiger partial charge in [0.2, 0.25) is 5.91 Å². The molecule has 0 aliphatic heterocycles. The minimum Gasteiger partial charge on any atom is -0.467 e. The van der Waals surface area contributed by atoms with Crippen LogP contribution < -0.4 is 16.0 Å². The Balaban J connectivity index is 1.53. The molecule has 1 amide bonds. The van der Waals surface area contributed by atoms with Gasteiger partial charge in [0.25, 0.3) is 0 Å². The van der Waals surface area contributed by atoms with E-state index in [1.807, 2.05) is 31.2 Å². The van der Waals surface area contributed by atoms with Crippen LogP contribution >= 0.6 is 0 Å². The molecule has 0 aliphatic carbocycles. The van der Waals surface area contributed by atoms with E-state index in [-0.39, 0.29) is 5.91 Å². The Morgan fingerprint density at radius 1 is 1.22 bits per heavy atom. The number of ether oxygens (including phenoxy) is 1. The zero-order valence-electron chi connectivity index (χ0n) is 15.8. The Morgan fingerprint density at radius 3 is 2.81 bits per heavy atom. The second-order valence-electron chi connectivity index (χ2n) is 5.87. The first-order valence-electron chi connectivity index (χ1n) is 8.95. The van der Waals surface area contributed by atoms with Crippen molar-refractivity contribution < 1.29 is 13.9 Å². The summed E-state index contributed by atoms with van der Waals surface area (Å²) >= 11 is 0. The number of guanidine groups is 1. The number of rotatable bonds is 10. The fourth-order valence-corrected chi connectivity index (χ4v) is 2.28. The molecular formula is C19H27N5O3. The Bertz CT molecular complexity index is 716. The lowest BCUT2D eigenvalue weighted by atomic mass is 10.3. The zero-order chi connectivity index (χ0) is 19.3. The summed E-state index contributed by atoms with van der Waals surface area (Å²) < 4.78 is 10.7. The molecule has 0 aliphatic rings. The molecule has 0 aromatic carbocycles. The van der Waals surface area contributed by atoms with Crippen molar-refractivity contribution in [1.82, 2.24) is 15.6 Å².